The molecule has 0 saturated carbocycles. The Labute approximate surface area is 203 Å². The van der Waals surface area contributed by atoms with E-state index in [1.54, 1.807) is 18.0 Å². The Hall–Kier alpha value is -3.58. The molecule has 2 amide bonds. The lowest BCUT2D eigenvalue weighted by Crippen LogP contribution is -2.36. The van der Waals surface area contributed by atoms with Crippen LogP contribution in [0.3, 0.4) is 0 Å². The first-order valence-corrected chi connectivity index (χ1v) is 11.3. The van der Waals surface area contributed by atoms with Gasteiger partial charge in [-0.3, -0.25) is 9.59 Å². The highest BCUT2D eigenvalue weighted by molar-refractivity contribution is 5.89. The lowest BCUT2D eigenvalue weighted by Gasteiger charge is -2.19. The van der Waals surface area contributed by atoms with Gasteiger partial charge in [-0.2, -0.15) is 0 Å². The van der Waals surface area contributed by atoms with Crippen LogP contribution in [0.2, 0.25) is 0 Å². The SMILES string of the molecule is C=C(NC1=CC(=O)NCC1)C(/C=C\C)=C/C(=C)c1ccc(OCC(=O)N(C)CCN(C)C)cc1. The molecule has 7 heteroatoms. The van der Waals surface area contributed by atoms with Gasteiger partial charge >= 0.3 is 0 Å². The van der Waals surface area contributed by atoms with Crippen LogP contribution in [0.15, 0.2) is 78.7 Å². The summed E-state index contributed by atoms with van der Waals surface area (Å²) < 4.78 is 5.66. The molecule has 0 aromatic heterocycles. The molecule has 182 valence electrons. The lowest BCUT2D eigenvalue weighted by molar-refractivity contribution is -0.132. The Morgan fingerprint density at radius 1 is 1.18 bits per heavy atom. The Morgan fingerprint density at radius 2 is 1.88 bits per heavy atom. The maximum absolute atomic E-state index is 12.2. The number of nitrogens with zero attached hydrogens (tertiary/aromatic N) is 2. The molecule has 0 radical (unpaired) electrons. The number of hydrogen-bond donors (Lipinski definition) is 2. The van der Waals surface area contributed by atoms with E-state index in [-0.39, 0.29) is 18.4 Å². The van der Waals surface area contributed by atoms with Gasteiger partial charge in [-0.15, -0.1) is 0 Å². The molecular weight excluding hydrogens is 428 g/mol. The van der Waals surface area contributed by atoms with E-state index in [2.05, 4.69) is 23.8 Å². The Morgan fingerprint density at radius 3 is 2.50 bits per heavy atom. The summed E-state index contributed by atoms with van der Waals surface area (Å²) in [5.74, 6) is 0.453. The lowest BCUT2D eigenvalue weighted by atomic mass is 10.0. The van der Waals surface area contributed by atoms with E-state index in [9.17, 15) is 9.59 Å². The molecule has 2 N–H and O–H groups in total. The van der Waals surface area contributed by atoms with Gasteiger partial charge in [0, 0.05) is 50.6 Å². The highest BCUT2D eigenvalue weighted by atomic mass is 16.5. The average Bonchev–Trinajstić information content (AvgIpc) is 2.80. The standard InChI is InChI=1S/C27H36N4O3/c1-7-8-23(21(3)29-24-13-14-28-26(32)18-24)17-20(2)22-9-11-25(12-10-22)34-19-27(33)31(6)16-15-30(4)5/h7-12,17-18,29H,2-3,13-16,19H2,1,4-6H3,(H,28,32)/b8-7-,23-17+. The Balaban J connectivity index is 1.99. The van der Waals surface area contributed by atoms with Crippen molar-refractivity contribution < 1.29 is 14.3 Å². The number of amides is 2. The van der Waals surface area contributed by atoms with Crippen LogP contribution in [0.4, 0.5) is 0 Å². The predicted molar refractivity (Wildman–Crippen MR) is 138 cm³/mol. The molecule has 1 aliphatic rings. The van der Waals surface area contributed by atoms with E-state index in [0.29, 0.717) is 24.5 Å². The van der Waals surface area contributed by atoms with Gasteiger partial charge in [0.15, 0.2) is 6.61 Å². The van der Waals surface area contributed by atoms with Crippen molar-refractivity contribution >= 4 is 17.4 Å². The highest BCUT2D eigenvalue weighted by Crippen LogP contribution is 2.22. The minimum absolute atomic E-state index is 0.00503. The van der Waals surface area contributed by atoms with Gasteiger partial charge in [-0.05, 0) is 55.9 Å². The van der Waals surface area contributed by atoms with Crippen molar-refractivity contribution in [3.05, 3.63) is 84.3 Å². The fourth-order valence-electron chi connectivity index (χ4n) is 3.15. The average molecular weight is 465 g/mol. The number of nitrogens with one attached hydrogen (secondary N) is 2. The summed E-state index contributed by atoms with van der Waals surface area (Å²) in [4.78, 5) is 27.5. The molecule has 0 spiro atoms. The third-order valence-corrected chi connectivity index (χ3v) is 5.23. The number of hydrogen-bond acceptors (Lipinski definition) is 5. The molecule has 0 aliphatic carbocycles. The third kappa shape index (κ3) is 8.75. The second-order valence-electron chi connectivity index (χ2n) is 8.37. The van der Waals surface area contributed by atoms with E-state index in [0.717, 1.165) is 35.4 Å². The molecule has 1 heterocycles. The largest absolute Gasteiger partial charge is 0.484 e. The van der Waals surface area contributed by atoms with E-state index in [1.807, 2.05) is 68.4 Å². The molecule has 0 atom stereocenters. The van der Waals surface area contributed by atoms with Crippen LogP contribution < -0.4 is 15.4 Å². The molecular formula is C27H36N4O3. The van der Waals surface area contributed by atoms with E-state index < -0.39 is 0 Å². The Kier molecular flexibility index (Phi) is 10.4. The van der Waals surface area contributed by atoms with Gasteiger partial charge < -0.3 is 25.2 Å². The van der Waals surface area contributed by atoms with Crippen molar-refractivity contribution in [1.29, 1.82) is 0 Å². The van der Waals surface area contributed by atoms with Gasteiger partial charge in [0.1, 0.15) is 5.75 Å². The molecule has 2 rings (SSSR count). The van der Waals surface area contributed by atoms with Gasteiger partial charge in [-0.25, -0.2) is 0 Å². The Bertz CT molecular complexity index is 988. The number of benzene rings is 1. The molecule has 1 aromatic carbocycles. The molecule has 0 fully saturated rings. The maximum Gasteiger partial charge on any atom is 0.260 e. The van der Waals surface area contributed by atoms with Crippen LogP contribution in [-0.2, 0) is 9.59 Å². The summed E-state index contributed by atoms with van der Waals surface area (Å²) in [6.45, 7) is 12.3. The third-order valence-electron chi connectivity index (χ3n) is 5.23. The molecule has 7 nitrogen and oxygen atoms in total. The highest BCUT2D eigenvalue weighted by Gasteiger charge is 2.12. The van der Waals surface area contributed by atoms with Crippen LogP contribution in [-0.4, -0.2) is 69.0 Å². The fourth-order valence-corrected chi connectivity index (χ4v) is 3.15. The van der Waals surface area contributed by atoms with Crippen LogP contribution in [0.5, 0.6) is 5.75 Å². The first-order chi connectivity index (χ1) is 16.2. The molecule has 0 saturated heterocycles. The van der Waals surface area contributed by atoms with Crippen molar-refractivity contribution in [3.8, 4) is 5.75 Å². The van der Waals surface area contributed by atoms with Crippen molar-refractivity contribution in [3.63, 3.8) is 0 Å². The molecule has 34 heavy (non-hydrogen) atoms. The predicted octanol–water partition coefficient (Wildman–Crippen LogP) is 3.11. The van der Waals surface area contributed by atoms with Gasteiger partial charge in [-0.1, -0.05) is 37.4 Å². The molecule has 1 aliphatic heterocycles. The van der Waals surface area contributed by atoms with Crippen molar-refractivity contribution in [2.45, 2.75) is 13.3 Å². The summed E-state index contributed by atoms with van der Waals surface area (Å²) in [5.41, 5.74) is 4.12. The molecule has 0 bridgehead atoms. The summed E-state index contributed by atoms with van der Waals surface area (Å²) in [6, 6.07) is 7.47. The van der Waals surface area contributed by atoms with E-state index in [4.69, 9.17) is 4.74 Å². The second-order valence-corrected chi connectivity index (χ2v) is 8.37. The zero-order chi connectivity index (χ0) is 25.1. The van der Waals surface area contributed by atoms with Crippen LogP contribution in [0.1, 0.15) is 18.9 Å². The van der Waals surface area contributed by atoms with Crippen molar-refractivity contribution in [2.24, 2.45) is 0 Å². The first kappa shape index (κ1) is 26.7. The van der Waals surface area contributed by atoms with Gasteiger partial charge in [0.05, 0.1) is 0 Å². The maximum atomic E-state index is 12.2. The molecule has 1 aromatic rings. The summed E-state index contributed by atoms with van der Waals surface area (Å²) in [6.07, 6.45) is 8.10. The van der Waals surface area contributed by atoms with Gasteiger partial charge in [0.25, 0.3) is 5.91 Å². The van der Waals surface area contributed by atoms with E-state index in [1.165, 1.54) is 0 Å². The van der Waals surface area contributed by atoms with Gasteiger partial charge in [0.2, 0.25) is 5.91 Å². The number of ether oxygens (including phenoxy) is 1. The zero-order valence-corrected chi connectivity index (χ0v) is 20.7. The number of rotatable bonds is 12. The summed E-state index contributed by atoms with van der Waals surface area (Å²) in [7, 11) is 5.72. The topological polar surface area (TPSA) is 73.9 Å². The smallest absolute Gasteiger partial charge is 0.260 e. The first-order valence-electron chi connectivity index (χ1n) is 11.3. The monoisotopic (exact) mass is 464 g/mol. The number of likely N-dealkylation sites (N-methyl/N-ethyl adjacent to an activating group) is 2. The quantitative estimate of drug-likeness (QED) is 0.465. The van der Waals surface area contributed by atoms with E-state index >= 15 is 0 Å². The number of carbonyl (C=O) groups is 2. The number of allylic oxidation sites excluding steroid dienone is 4. The van der Waals surface area contributed by atoms with Crippen molar-refractivity contribution in [1.82, 2.24) is 20.4 Å². The summed E-state index contributed by atoms with van der Waals surface area (Å²) in [5, 5.41) is 6.01. The fraction of sp³-hybridized carbons (Fsp3) is 0.333. The van der Waals surface area contributed by atoms with Crippen molar-refractivity contribution in [2.75, 3.05) is 47.4 Å². The minimum Gasteiger partial charge on any atom is -0.484 e. The molecule has 0 unspecified atom stereocenters. The second kappa shape index (κ2) is 13.2. The van der Waals surface area contributed by atoms with Crippen LogP contribution in [0, 0.1) is 0 Å². The normalized spacial score (nSPS) is 14.0. The minimum atomic E-state index is -0.105. The zero-order valence-electron chi connectivity index (χ0n) is 20.7. The van der Waals surface area contributed by atoms with Crippen LogP contribution >= 0.6 is 0 Å². The van der Waals surface area contributed by atoms with Crippen LogP contribution in [0.25, 0.3) is 5.57 Å². The number of carbonyl (C=O) groups excluding carboxylic acids is 2. The summed E-state index contributed by atoms with van der Waals surface area (Å²) >= 11 is 0.